The molecule has 3 N–H and O–H groups in total. The van der Waals surface area contributed by atoms with Crippen LogP contribution in [-0.2, 0) is 10.1 Å². The maximum Gasteiger partial charge on any atom is 0.294 e. The van der Waals surface area contributed by atoms with Gasteiger partial charge in [0, 0.05) is 32.9 Å². The number of nitrogens with one attached hydrogen (secondary N) is 2. The molecule has 6 rings (SSSR count). The van der Waals surface area contributed by atoms with Crippen LogP contribution < -0.4 is 10.1 Å². The lowest BCUT2D eigenvalue weighted by Gasteiger charge is -2.12. The van der Waals surface area contributed by atoms with Crippen molar-refractivity contribution in [3.63, 3.8) is 0 Å². The number of hydrogen-bond acceptors (Lipinski definition) is 6. The summed E-state index contributed by atoms with van der Waals surface area (Å²) in [7, 11) is -2.85. The average molecular weight is 579 g/mol. The van der Waals surface area contributed by atoms with Crippen molar-refractivity contribution < 1.29 is 22.5 Å². The zero-order valence-corrected chi connectivity index (χ0v) is 23.8. The molecule has 5 aromatic carbocycles. The Morgan fingerprint density at radius 2 is 1.67 bits per heavy atom. The number of rotatable bonds is 6. The standard InChI is InChI=1S/C32H26N4O5S/c1-18-15-22(41-3)12-14-25(18)34-32(37)21-16-20-11-13-24-23-7-4-5-8-27(23)33-31(24)30(20)28(17-21)36-35-26-9-6-10-29(19(26)2)42(38,39)40/h4-17,33H,1-3H3,(H,34,37)(H,38,39,40)/b36-35-. The van der Waals surface area contributed by atoms with Gasteiger partial charge in [-0.1, -0.05) is 36.4 Å². The van der Waals surface area contributed by atoms with Gasteiger partial charge in [-0.3, -0.25) is 9.35 Å². The number of hydrogen-bond donors (Lipinski definition) is 3. The number of amides is 1. The van der Waals surface area contributed by atoms with Gasteiger partial charge >= 0.3 is 0 Å². The predicted molar refractivity (Wildman–Crippen MR) is 164 cm³/mol. The molecule has 1 heterocycles. The van der Waals surface area contributed by atoms with E-state index in [1.807, 2.05) is 49.4 Å². The molecule has 6 aromatic rings. The van der Waals surface area contributed by atoms with Crippen molar-refractivity contribution in [2.75, 3.05) is 12.4 Å². The molecule has 0 radical (unpaired) electrons. The van der Waals surface area contributed by atoms with E-state index in [1.54, 1.807) is 44.4 Å². The summed E-state index contributed by atoms with van der Waals surface area (Å²) in [6.45, 7) is 3.43. The summed E-state index contributed by atoms with van der Waals surface area (Å²) in [5, 5.41) is 15.4. The van der Waals surface area contributed by atoms with Crippen LogP contribution in [-0.4, -0.2) is 31.0 Å². The van der Waals surface area contributed by atoms with E-state index in [2.05, 4.69) is 20.5 Å². The van der Waals surface area contributed by atoms with Crippen LogP contribution in [0.1, 0.15) is 21.5 Å². The number of carbonyl (C=O) groups excluding carboxylic acids is 1. The molecule has 0 aliphatic rings. The van der Waals surface area contributed by atoms with E-state index in [0.29, 0.717) is 22.7 Å². The van der Waals surface area contributed by atoms with Gasteiger partial charge in [-0.25, -0.2) is 0 Å². The van der Waals surface area contributed by atoms with Crippen LogP contribution in [0.3, 0.4) is 0 Å². The third-order valence-corrected chi connectivity index (χ3v) is 8.31. The highest BCUT2D eigenvalue weighted by atomic mass is 32.2. The first-order valence-electron chi connectivity index (χ1n) is 13.1. The summed E-state index contributed by atoms with van der Waals surface area (Å²) in [6.07, 6.45) is 0. The van der Waals surface area contributed by atoms with Crippen molar-refractivity contribution in [1.29, 1.82) is 0 Å². The van der Waals surface area contributed by atoms with Crippen molar-refractivity contribution in [2.45, 2.75) is 18.7 Å². The molecule has 0 saturated heterocycles. The summed E-state index contributed by atoms with van der Waals surface area (Å²) in [5.41, 5.74) is 4.59. The zero-order valence-electron chi connectivity index (χ0n) is 23.0. The van der Waals surface area contributed by atoms with E-state index in [1.165, 1.54) is 12.1 Å². The molecule has 0 saturated carbocycles. The van der Waals surface area contributed by atoms with Gasteiger partial charge in [0.25, 0.3) is 16.0 Å². The second kappa shape index (κ2) is 10.4. The Morgan fingerprint density at radius 3 is 2.43 bits per heavy atom. The van der Waals surface area contributed by atoms with Crippen LogP contribution in [0.25, 0.3) is 32.6 Å². The first-order chi connectivity index (χ1) is 20.1. The van der Waals surface area contributed by atoms with Gasteiger partial charge in [-0.2, -0.15) is 13.5 Å². The number of nitrogens with zero attached hydrogens (tertiary/aromatic N) is 2. The molecule has 0 fully saturated rings. The third kappa shape index (κ3) is 4.87. The summed E-state index contributed by atoms with van der Waals surface area (Å²) in [5.74, 6) is 0.359. The van der Waals surface area contributed by atoms with Gasteiger partial charge in [-0.15, -0.1) is 5.11 Å². The van der Waals surface area contributed by atoms with Gasteiger partial charge in [0.1, 0.15) is 5.75 Å². The van der Waals surface area contributed by atoms with Crippen LogP contribution in [0.15, 0.2) is 100 Å². The number of aromatic amines is 1. The molecule has 0 spiro atoms. The number of para-hydroxylation sites is 1. The van der Waals surface area contributed by atoms with Crippen LogP contribution in [0.4, 0.5) is 17.1 Å². The number of H-pyrrole nitrogens is 1. The fourth-order valence-electron chi connectivity index (χ4n) is 5.17. The molecular formula is C32H26N4O5S. The van der Waals surface area contributed by atoms with Crippen LogP contribution in [0, 0.1) is 13.8 Å². The smallest absolute Gasteiger partial charge is 0.294 e. The lowest BCUT2D eigenvalue weighted by atomic mass is 10.0. The molecule has 0 atom stereocenters. The number of benzene rings is 5. The average Bonchev–Trinajstić information content (AvgIpc) is 3.35. The third-order valence-electron chi connectivity index (χ3n) is 7.32. The first-order valence-corrected chi connectivity index (χ1v) is 14.5. The van der Waals surface area contributed by atoms with E-state index in [0.717, 1.165) is 38.1 Å². The normalized spacial score (nSPS) is 12.0. The Bertz CT molecular complexity index is 2190. The minimum atomic E-state index is -4.44. The summed E-state index contributed by atoms with van der Waals surface area (Å²) in [6, 6.07) is 25.2. The van der Waals surface area contributed by atoms with Crippen LogP contribution in [0.5, 0.6) is 5.75 Å². The molecule has 9 nitrogen and oxygen atoms in total. The Morgan fingerprint density at radius 1 is 0.881 bits per heavy atom. The number of carbonyl (C=O) groups is 1. The molecule has 1 aromatic heterocycles. The van der Waals surface area contributed by atoms with E-state index in [-0.39, 0.29) is 22.1 Å². The lowest BCUT2D eigenvalue weighted by Crippen LogP contribution is -2.12. The summed E-state index contributed by atoms with van der Waals surface area (Å²) < 4.78 is 38.6. The number of aryl methyl sites for hydroxylation is 1. The topological polar surface area (TPSA) is 133 Å². The Balaban J connectivity index is 1.52. The maximum absolute atomic E-state index is 13.5. The predicted octanol–water partition coefficient (Wildman–Crippen LogP) is 8.01. The molecule has 10 heteroatoms. The second-order valence-corrected chi connectivity index (χ2v) is 11.4. The minimum absolute atomic E-state index is 0.246. The number of azo groups is 1. The van der Waals surface area contributed by atoms with Crippen molar-refractivity contribution in [1.82, 2.24) is 4.98 Å². The number of fused-ring (bicyclic) bond motifs is 5. The van der Waals surface area contributed by atoms with E-state index >= 15 is 0 Å². The van der Waals surface area contributed by atoms with Gasteiger partial charge in [0.05, 0.1) is 28.9 Å². The molecule has 210 valence electrons. The van der Waals surface area contributed by atoms with Gasteiger partial charge < -0.3 is 15.0 Å². The number of anilines is 1. The Kier molecular flexibility index (Phi) is 6.72. The minimum Gasteiger partial charge on any atom is -0.497 e. The highest BCUT2D eigenvalue weighted by Crippen LogP contribution is 2.38. The SMILES string of the molecule is COc1ccc(NC(=O)c2cc(/N=N\c3cccc(S(=O)(=O)O)c3C)c3c(ccc4c5ccccc5[nH]c43)c2)c(C)c1. The van der Waals surface area contributed by atoms with E-state index < -0.39 is 10.1 Å². The molecule has 1 amide bonds. The quantitative estimate of drug-likeness (QED) is 0.136. The molecule has 0 aliphatic carbocycles. The molecule has 42 heavy (non-hydrogen) atoms. The highest BCUT2D eigenvalue weighted by molar-refractivity contribution is 7.85. The van der Waals surface area contributed by atoms with E-state index in [9.17, 15) is 17.8 Å². The fourth-order valence-corrected chi connectivity index (χ4v) is 5.91. The van der Waals surface area contributed by atoms with Crippen molar-refractivity contribution in [2.24, 2.45) is 10.2 Å². The maximum atomic E-state index is 13.5. The molecular weight excluding hydrogens is 552 g/mol. The fraction of sp³-hybridized carbons (Fsp3) is 0.0938. The number of aromatic nitrogens is 1. The zero-order chi connectivity index (χ0) is 29.6. The Labute approximate surface area is 241 Å². The molecule has 0 aliphatic heterocycles. The lowest BCUT2D eigenvalue weighted by molar-refractivity contribution is 0.102. The highest BCUT2D eigenvalue weighted by Gasteiger charge is 2.18. The van der Waals surface area contributed by atoms with Gasteiger partial charge in [0.2, 0.25) is 0 Å². The number of methoxy groups -OCH3 is 1. The van der Waals surface area contributed by atoms with Crippen molar-refractivity contribution in [3.05, 3.63) is 102 Å². The summed E-state index contributed by atoms with van der Waals surface area (Å²) >= 11 is 0. The van der Waals surface area contributed by atoms with Crippen molar-refractivity contribution in [3.8, 4) is 5.75 Å². The molecule has 0 bridgehead atoms. The Hall–Kier alpha value is -5.06. The van der Waals surface area contributed by atoms with Crippen LogP contribution in [0.2, 0.25) is 0 Å². The summed E-state index contributed by atoms with van der Waals surface area (Å²) in [4.78, 5) is 16.7. The first kappa shape index (κ1) is 27.1. The van der Waals surface area contributed by atoms with Gasteiger partial charge in [0.15, 0.2) is 0 Å². The van der Waals surface area contributed by atoms with Crippen LogP contribution >= 0.6 is 0 Å². The molecule has 0 unspecified atom stereocenters. The van der Waals surface area contributed by atoms with E-state index in [4.69, 9.17) is 4.74 Å². The van der Waals surface area contributed by atoms with Crippen molar-refractivity contribution >= 4 is 65.7 Å². The number of ether oxygens (including phenoxy) is 1. The van der Waals surface area contributed by atoms with Gasteiger partial charge in [-0.05, 0) is 78.9 Å². The largest absolute Gasteiger partial charge is 0.497 e. The second-order valence-electron chi connectivity index (χ2n) is 9.96. The monoisotopic (exact) mass is 578 g/mol.